The lowest BCUT2D eigenvalue weighted by Crippen LogP contribution is -2.34. The molecule has 0 fully saturated rings. The Morgan fingerprint density at radius 2 is 1.95 bits per heavy atom. The fourth-order valence-corrected chi connectivity index (χ4v) is 2.29. The van der Waals surface area contributed by atoms with Crippen LogP contribution in [0.3, 0.4) is 0 Å². The lowest BCUT2D eigenvalue weighted by atomic mass is 10.2. The average Bonchev–Trinajstić information content (AvgIpc) is 2.80. The van der Waals surface area contributed by atoms with E-state index in [1.807, 2.05) is 0 Å². The molecule has 6 heteroatoms. The lowest BCUT2D eigenvalue weighted by Gasteiger charge is -2.07. The van der Waals surface area contributed by atoms with Crippen molar-refractivity contribution in [2.75, 3.05) is 0 Å². The molecule has 0 aliphatic heterocycles. The maximum absolute atomic E-state index is 13.7. The fraction of sp³-hybridized carbons (Fsp3) is 0.231. The highest BCUT2D eigenvalue weighted by molar-refractivity contribution is 5.35. The van der Waals surface area contributed by atoms with Gasteiger partial charge in [0.15, 0.2) is 0 Å². The minimum Gasteiger partial charge on any atom is -0.414 e. The van der Waals surface area contributed by atoms with E-state index in [4.69, 9.17) is 4.42 Å². The van der Waals surface area contributed by atoms with Crippen LogP contribution in [0.1, 0.15) is 17.7 Å². The van der Waals surface area contributed by atoms with Gasteiger partial charge in [0.2, 0.25) is 0 Å². The lowest BCUT2D eigenvalue weighted by molar-refractivity contribution is 0.418. The van der Waals surface area contributed by atoms with E-state index in [1.54, 1.807) is 0 Å². The van der Waals surface area contributed by atoms with Crippen molar-refractivity contribution in [2.24, 2.45) is 0 Å². The third-order valence-corrected chi connectivity index (χ3v) is 3.17. The predicted molar refractivity (Wildman–Crippen MR) is 62.5 cm³/mol. The number of rotatable bonds is 1. The van der Waals surface area contributed by atoms with Gasteiger partial charge in [-0.15, -0.1) is 0 Å². The fourth-order valence-electron chi connectivity index (χ4n) is 2.29. The van der Waals surface area contributed by atoms with Crippen LogP contribution in [0.5, 0.6) is 0 Å². The molecule has 1 aliphatic rings. The monoisotopic (exact) mass is 265 g/mol. The summed E-state index contributed by atoms with van der Waals surface area (Å²) in [5.41, 5.74) is -0.493. The summed E-state index contributed by atoms with van der Waals surface area (Å²) >= 11 is 0. The normalized spacial score (nSPS) is 13.6. The summed E-state index contributed by atoms with van der Waals surface area (Å²) in [6.45, 7) is 0. The summed E-state index contributed by atoms with van der Waals surface area (Å²) in [6, 6.07) is 2.65. The summed E-state index contributed by atoms with van der Waals surface area (Å²) in [7, 11) is 0. The van der Waals surface area contributed by atoms with Gasteiger partial charge in [-0.3, -0.25) is 4.79 Å². The zero-order valence-corrected chi connectivity index (χ0v) is 9.78. The van der Waals surface area contributed by atoms with Crippen molar-refractivity contribution in [3.63, 3.8) is 0 Å². The highest BCUT2D eigenvalue weighted by atomic mass is 19.1. The van der Waals surface area contributed by atoms with Gasteiger partial charge < -0.3 is 4.42 Å². The summed E-state index contributed by atoms with van der Waals surface area (Å²) in [5, 5.41) is 0. The third kappa shape index (κ3) is 1.80. The predicted octanol–water partition coefficient (Wildman–Crippen LogP) is 1.56. The standard InChI is InChI=1S/C13H9F2NO3/c14-7-4-5-10(9(15)6-7)16-12(17)8-2-1-3-11(8)19-13(16)18/h4-6H,1-3H2. The second-order valence-electron chi connectivity index (χ2n) is 4.36. The maximum atomic E-state index is 13.7. The van der Waals surface area contributed by atoms with Crippen molar-refractivity contribution < 1.29 is 13.2 Å². The number of aromatic nitrogens is 1. The number of hydrogen-bond donors (Lipinski definition) is 0. The average molecular weight is 265 g/mol. The molecule has 1 aromatic heterocycles. The van der Waals surface area contributed by atoms with Crippen molar-refractivity contribution in [3.05, 3.63) is 62.1 Å². The van der Waals surface area contributed by atoms with E-state index >= 15 is 0 Å². The Kier molecular flexibility index (Phi) is 2.58. The van der Waals surface area contributed by atoms with Crippen LogP contribution in [0.4, 0.5) is 8.78 Å². The summed E-state index contributed by atoms with van der Waals surface area (Å²) in [6.07, 6.45) is 1.76. The zero-order valence-electron chi connectivity index (χ0n) is 9.78. The molecule has 0 saturated carbocycles. The summed E-state index contributed by atoms with van der Waals surface area (Å²) < 4.78 is 32.2. The number of benzene rings is 1. The van der Waals surface area contributed by atoms with Gasteiger partial charge in [0.1, 0.15) is 17.4 Å². The Bertz CT molecular complexity index is 776. The highest BCUT2D eigenvalue weighted by Gasteiger charge is 2.22. The SMILES string of the molecule is O=c1oc2c(c(=O)n1-c1ccc(F)cc1F)CCC2. The molecule has 0 amide bonds. The molecule has 98 valence electrons. The van der Waals surface area contributed by atoms with Gasteiger partial charge >= 0.3 is 5.76 Å². The van der Waals surface area contributed by atoms with E-state index in [-0.39, 0.29) is 5.69 Å². The molecule has 1 aliphatic carbocycles. The molecule has 0 unspecified atom stereocenters. The first-order chi connectivity index (χ1) is 9.08. The van der Waals surface area contributed by atoms with E-state index in [1.165, 1.54) is 0 Å². The first kappa shape index (κ1) is 11.8. The summed E-state index contributed by atoms with van der Waals surface area (Å²) in [4.78, 5) is 23.9. The van der Waals surface area contributed by atoms with Gasteiger partial charge in [-0.1, -0.05) is 0 Å². The molecule has 0 N–H and O–H groups in total. The Labute approximate surface area is 105 Å². The van der Waals surface area contributed by atoms with E-state index in [0.717, 1.165) is 18.6 Å². The Hall–Kier alpha value is -2.24. The molecular weight excluding hydrogens is 256 g/mol. The molecule has 1 aromatic carbocycles. The summed E-state index contributed by atoms with van der Waals surface area (Å²) in [5.74, 6) is -2.34. The smallest absolute Gasteiger partial charge is 0.414 e. The van der Waals surface area contributed by atoms with Crippen molar-refractivity contribution in [1.82, 2.24) is 4.57 Å². The van der Waals surface area contributed by atoms with Crippen molar-refractivity contribution in [2.45, 2.75) is 19.3 Å². The molecule has 2 aromatic rings. The van der Waals surface area contributed by atoms with Crippen LogP contribution < -0.4 is 11.3 Å². The molecule has 1 heterocycles. The van der Waals surface area contributed by atoms with Gasteiger partial charge in [0, 0.05) is 12.5 Å². The van der Waals surface area contributed by atoms with Crippen LogP contribution in [0, 0.1) is 11.6 Å². The maximum Gasteiger partial charge on any atom is 0.426 e. The molecule has 0 spiro atoms. The Balaban J connectivity index is 2.32. The number of halogens is 2. The minimum absolute atomic E-state index is 0.296. The molecule has 0 bridgehead atoms. The molecule has 0 radical (unpaired) electrons. The second-order valence-corrected chi connectivity index (χ2v) is 4.36. The highest BCUT2D eigenvalue weighted by Crippen LogP contribution is 2.18. The van der Waals surface area contributed by atoms with Crippen molar-refractivity contribution in [1.29, 1.82) is 0 Å². The number of aryl methyl sites for hydroxylation is 1. The minimum atomic E-state index is -0.979. The Morgan fingerprint density at radius 3 is 2.68 bits per heavy atom. The van der Waals surface area contributed by atoms with Crippen LogP contribution in [0.15, 0.2) is 32.2 Å². The number of nitrogens with zero attached hydrogens (tertiary/aromatic N) is 1. The van der Waals surface area contributed by atoms with Gasteiger partial charge in [0.25, 0.3) is 5.56 Å². The van der Waals surface area contributed by atoms with Crippen molar-refractivity contribution >= 4 is 0 Å². The van der Waals surface area contributed by atoms with Gasteiger partial charge in [-0.25, -0.2) is 18.1 Å². The Morgan fingerprint density at radius 1 is 1.16 bits per heavy atom. The quantitative estimate of drug-likeness (QED) is 0.786. The van der Waals surface area contributed by atoms with Gasteiger partial charge in [-0.2, -0.15) is 0 Å². The van der Waals surface area contributed by atoms with E-state index in [9.17, 15) is 18.4 Å². The molecular formula is C13H9F2NO3. The number of fused-ring (bicyclic) bond motifs is 1. The largest absolute Gasteiger partial charge is 0.426 e. The van der Waals surface area contributed by atoms with Crippen molar-refractivity contribution in [3.8, 4) is 5.69 Å². The first-order valence-electron chi connectivity index (χ1n) is 5.81. The molecule has 4 nitrogen and oxygen atoms in total. The third-order valence-electron chi connectivity index (χ3n) is 3.17. The molecule has 0 saturated heterocycles. The van der Waals surface area contributed by atoms with Crippen LogP contribution >= 0.6 is 0 Å². The van der Waals surface area contributed by atoms with Crippen LogP contribution in [-0.4, -0.2) is 4.57 Å². The number of hydrogen-bond acceptors (Lipinski definition) is 3. The second kappa shape index (κ2) is 4.15. The van der Waals surface area contributed by atoms with E-state index in [0.29, 0.717) is 34.8 Å². The molecule has 3 rings (SSSR count). The van der Waals surface area contributed by atoms with Gasteiger partial charge in [-0.05, 0) is 25.0 Å². The van der Waals surface area contributed by atoms with E-state index in [2.05, 4.69) is 0 Å². The topological polar surface area (TPSA) is 52.2 Å². The van der Waals surface area contributed by atoms with E-state index < -0.39 is 22.9 Å². The van der Waals surface area contributed by atoms with Gasteiger partial charge in [0.05, 0.1) is 11.3 Å². The van der Waals surface area contributed by atoms with Crippen LogP contribution in [0.2, 0.25) is 0 Å². The molecule has 0 atom stereocenters. The first-order valence-corrected chi connectivity index (χ1v) is 5.81. The van der Waals surface area contributed by atoms with Crippen LogP contribution in [0.25, 0.3) is 5.69 Å². The molecule has 19 heavy (non-hydrogen) atoms. The van der Waals surface area contributed by atoms with Crippen LogP contribution in [-0.2, 0) is 12.8 Å². The zero-order chi connectivity index (χ0) is 13.6.